The number of nitrogens with one attached hydrogen (secondary N) is 1. The van der Waals surface area contributed by atoms with Gasteiger partial charge in [0.2, 0.25) is 5.95 Å². The van der Waals surface area contributed by atoms with Crippen molar-refractivity contribution >= 4 is 21.9 Å². The second kappa shape index (κ2) is 6.44. The third-order valence-electron chi connectivity index (χ3n) is 4.39. The van der Waals surface area contributed by atoms with Crippen molar-refractivity contribution in [2.24, 2.45) is 0 Å². The fraction of sp³-hybridized carbons (Fsp3) is 0.235. The van der Waals surface area contributed by atoms with Crippen LogP contribution in [0.2, 0.25) is 0 Å². The van der Waals surface area contributed by atoms with Crippen molar-refractivity contribution < 1.29 is 9.13 Å². The quantitative estimate of drug-likeness (QED) is 0.721. The Labute approximate surface area is 152 Å². The molecule has 0 saturated carbocycles. The molecule has 25 heavy (non-hydrogen) atoms. The van der Waals surface area contributed by atoms with E-state index in [2.05, 4.69) is 36.8 Å². The fourth-order valence-electron chi connectivity index (χ4n) is 3.12. The molecule has 6 nitrogen and oxygen atoms in total. The number of aromatic nitrogens is 4. The third kappa shape index (κ3) is 2.97. The molecule has 1 N–H and O–H groups in total. The minimum absolute atomic E-state index is 0.0345. The van der Waals surface area contributed by atoms with Crippen LogP contribution in [0.4, 0.5) is 10.3 Å². The average Bonchev–Trinajstić information content (AvgIpc) is 3.12. The summed E-state index contributed by atoms with van der Waals surface area (Å²) in [6.45, 7) is 0. The molecule has 4 rings (SSSR count). The van der Waals surface area contributed by atoms with Crippen LogP contribution in [0.3, 0.4) is 0 Å². The van der Waals surface area contributed by atoms with Crippen molar-refractivity contribution in [1.82, 2.24) is 20.2 Å². The third-order valence-corrected chi connectivity index (χ3v) is 4.88. The molecule has 0 amide bonds. The molecule has 0 saturated heterocycles. The van der Waals surface area contributed by atoms with Gasteiger partial charge in [-0.3, -0.25) is 0 Å². The normalized spacial score (nSPS) is 19.2. The zero-order valence-corrected chi connectivity index (χ0v) is 14.9. The molecule has 0 radical (unpaired) electrons. The van der Waals surface area contributed by atoms with Gasteiger partial charge in [-0.2, -0.15) is 0 Å². The summed E-state index contributed by atoms with van der Waals surface area (Å²) in [6.07, 6.45) is 0.623. The van der Waals surface area contributed by atoms with Gasteiger partial charge in [-0.05, 0) is 52.7 Å². The lowest BCUT2D eigenvalue weighted by Gasteiger charge is -2.31. The summed E-state index contributed by atoms with van der Waals surface area (Å²) in [5.41, 5.74) is 1.62. The van der Waals surface area contributed by atoms with Gasteiger partial charge in [-0.15, -0.1) is 0 Å². The van der Waals surface area contributed by atoms with E-state index in [0.717, 1.165) is 15.8 Å². The molecule has 1 aliphatic rings. The van der Waals surface area contributed by atoms with E-state index in [9.17, 15) is 4.39 Å². The molecule has 0 bridgehead atoms. The van der Waals surface area contributed by atoms with Crippen LogP contribution in [-0.2, 0) is 0 Å². The zero-order valence-electron chi connectivity index (χ0n) is 13.4. The first kappa shape index (κ1) is 16.0. The average molecular weight is 404 g/mol. The van der Waals surface area contributed by atoms with Crippen LogP contribution in [0.15, 0.2) is 46.9 Å². The van der Waals surface area contributed by atoms with Crippen molar-refractivity contribution in [1.29, 1.82) is 0 Å². The van der Waals surface area contributed by atoms with Crippen molar-refractivity contribution in [2.45, 2.75) is 18.5 Å². The Hall–Kier alpha value is -2.48. The van der Waals surface area contributed by atoms with Gasteiger partial charge in [0.25, 0.3) is 0 Å². The topological polar surface area (TPSA) is 64.9 Å². The van der Waals surface area contributed by atoms with Crippen LogP contribution in [0.5, 0.6) is 5.75 Å². The Morgan fingerprint density at radius 2 is 2.04 bits per heavy atom. The van der Waals surface area contributed by atoms with Gasteiger partial charge in [0.05, 0.1) is 19.2 Å². The number of fused-ring (bicyclic) bond motifs is 1. The largest absolute Gasteiger partial charge is 0.497 e. The molecule has 1 aromatic heterocycles. The molecule has 0 spiro atoms. The number of nitrogens with zero attached hydrogens (tertiary/aromatic N) is 4. The Morgan fingerprint density at radius 3 is 2.80 bits per heavy atom. The van der Waals surface area contributed by atoms with Gasteiger partial charge in [0, 0.05) is 10.0 Å². The fourth-order valence-corrected chi connectivity index (χ4v) is 3.50. The highest BCUT2D eigenvalue weighted by atomic mass is 79.9. The standard InChI is InChI=1S/C17H15BrFN5O/c1-25-12-5-2-10(3-6-12)15-9-16(24-17(20-15)21-22-23-24)13-8-11(18)4-7-14(13)19/h2-8,15-16H,9H2,1H3,(H,20,21,23)/t15-,16-/m0/s1. The molecule has 3 aromatic rings. The summed E-state index contributed by atoms with van der Waals surface area (Å²) in [7, 11) is 1.63. The Bertz CT molecular complexity index is 898. The second-order valence-electron chi connectivity index (χ2n) is 5.83. The number of tetrazole rings is 1. The summed E-state index contributed by atoms with van der Waals surface area (Å²) >= 11 is 3.41. The molecule has 0 aliphatic carbocycles. The van der Waals surface area contributed by atoms with Crippen LogP contribution in [0.1, 0.15) is 29.6 Å². The minimum atomic E-state index is -0.296. The monoisotopic (exact) mass is 403 g/mol. The molecule has 128 valence electrons. The lowest BCUT2D eigenvalue weighted by Crippen LogP contribution is -2.28. The van der Waals surface area contributed by atoms with Crippen LogP contribution in [0.25, 0.3) is 0 Å². The predicted octanol–water partition coefficient (Wildman–Crippen LogP) is 3.73. The Balaban J connectivity index is 1.73. The molecule has 1 aliphatic heterocycles. The lowest BCUT2D eigenvalue weighted by molar-refractivity contribution is 0.406. The molecule has 8 heteroatoms. The van der Waals surface area contributed by atoms with Gasteiger partial charge in [-0.1, -0.05) is 33.2 Å². The van der Waals surface area contributed by atoms with E-state index < -0.39 is 0 Å². The van der Waals surface area contributed by atoms with Gasteiger partial charge in [0.15, 0.2) is 0 Å². The highest BCUT2D eigenvalue weighted by Gasteiger charge is 2.32. The molecular formula is C17H15BrFN5O. The van der Waals surface area contributed by atoms with E-state index in [1.807, 2.05) is 24.3 Å². The van der Waals surface area contributed by atoms with E-state index in [4.69, 9.17) is 4.74 Å². The number of rotatable bonds is 3. The summed E-state index contributed by atoms with van der Waals surface area (Å²) in [4.78, 5) is 0. The van der Waals surface area contributed by atoms with Crippen LogP contribution < -0.4 is 10.1 Å². The molecular weight excluding hydrogens is 389 g/mol. The van der Waals surface area contributed by atoms with E-state index in [1.54, 1.807) is 23.9 Å². The van der Waals surface area contributed by atoms with Gasteiger partial charge < -0.3 is 10.1 Å². The molecule has 0 unspecified atom stereocenters. The maximum atomic E-state index is 14.4. The highest BCUT2D eigenvalue weighted by molar-refractivity contribution is 9.10. The molecule has 2 atom stereocenters. The molecule has 0 fully saturated rings. The van der Waals surface area contributed by atoms with Crippen LogP contribution in [0, 0.1) is 5.82 Å². The second-order valence-corrected chi connectivity index (χ2v) is 6.75. The first-order valence-corrected chi connectivity index (χ1v) is 8.58. The number of ether oxygens (including phenoxy) is 1. The number of benzene rings is 2. The first-order valence-electron chi connectivity index (χ1n) is 7.79. The summed E-state index contributed by atoms with van der Waals surface area (Å²) in [5, 5.41) is 15.1. The van der Waals surface area contributed by atoms with Gasteiger partial charge >= 0.3 is 0 Å². The summed E-state index contributed by atoms with van der Waals surface area (Å²) in [5.74, 6) is 1.04. The summed E-state index contributed by atoms with van der Waals surface area (Å²) < 4.78 is 22.1. The number of hydrogen-bond acceptors (Lipinski definition) is 5. The molecule has 2 heterocycles. The van der Waals surface area contributed by atoms with Crippen molar-refractivity contribution in [3.05, 3.63) is 63.9 Å². The Kier molecular flexibility index (Phi) is 4.12. The van der Waals surface area contributed by atoms with Crippen molar-refractivity contribution in [3.63, 3.8) is 0 Å². The zero-order chi connectivity index (χ0) is 17.4. The van der Waals surface area contributed by atoms with E-state index in [1.165, 1.54) is 6.07 Å². The molecule has 2 aromatic carbocycles. The first-order chi connectivity index (χ1) is 12.2. The van der Waals surface area contributed by atoms with Gasteiger partial charge in [0.1, 0.15) is 11.6 Å². The predicted molar refractivity (Wildman–Crippen MR) is 94.0 cm³/mol. The maximum Gasteiger partial charge on any atom is 0.243 e. The van der Waals surface area contributed by atoms with Crippen LogP contribution >= 0.6 is 15.9 Å². The van der Waals surface area contributed by atoms with E-state index in [-0.39, 0.29) is 17.9 Å². The van der Waals surface area contributed by atoms with Crippen LogP contribution in [-0.4, -0.2) is 27.3 Å². The maximum absolute atomic E-state index is 14.4. The number of anilines is 1. The van der Waals surface area contributed by atoms with Crippen molar-refractivity contribution in [3.8, 4) is 5.75 Å². The van der Waals surface area contributed by atoms with Gasteiger partial charge in [-0.25, -0.2) is 9.07 Å². The number of methoxy groups -OCH3 is 1. The van der Waals surface area contributed by atoms with E-state index >= 15 is 0 Å². The number of halogens is 2. The van der Waals surface area contributed by atoms with E-state index in [0.29, 0.717) is 17.9 Å². The minimum Gasteiger partial charge on any atom is -0.497 e. The summed E-state index contributed by atoms with van der Waals surface area (Å²) in [6, 6.07) is 12.4. The highest BCUT2D eigenvalue weighted by Crippen LogP contribution is 2.38. The lowest BCUT2D eigenvalue weighted by atomic mass is 9.93. The number of hydrogen-bond donors (Lipinski definition) is 1. The van der Waals surface area contributed by atoms with Crippen molar-refractivity contribution in [2.75, 3.05) is 12.4 Å². The Morgan fingerprint density at radius 1 is 1.24 bits per heavy atom. The smallest absolute Gasteiger partial charge is 0.243 e. The SMILES string of the molecule is COc1ccc([C@@H]2C[C@@H](c3cc(Br)ccc3F)n3nnnc3N2)cc1.